The van der Waals surface area contributed by atoms with Crippen LogP contribution in [0.1, 0.15) is 27.9 Å². The highest BCUT2D eigenvalue weighted by Crippen LogP contribution is 2.00. The molecule has 2 N–H and O–H groups in total. The van der Waals surface area contributed by atoms with Gasteiger partial charge in [0.25, 0.3) is 0 Å². The normalized spacial score (nSPS) is 10.6. The highest BCUT2D eigenvalue weighted by molar-refractivity contribution is 5.85. The van der Waals surface area contributed by atoms with Crippen molar-refractivity contribution in [3.05, 3.63) is 41.3 Å². The Labute approximate surface area is 109 Å². The molecule has 19 heavy (non-hydrogen) atoms. The van der Waals surface area contributed by atoms with Crippen molar-refractivity contribution < 1.29 is 14.4 Å². The summed E-state index contributed by atoms with van der Waals surface area (Å²) >= 11 is 0. The molecule has 7 nitrogen and oxygen atoms in total. The van der Waals surface area contributed by atoms with Gasteiger partial charge in [0, 0.05) is 26.4 Å². The molecule has 0 unspecified atom stereocenters. The summed E-state index contributed by atoms with van der Waals surface area (Å²) < 4.78 is 4.86. The van der Waals surface area contributed by atoms with E-state index in [4.69, 9.17) is 9.63 Å². The summed E-state index contributed by atoms with van der Waals surface area (Å²) in [5, 5.41) is 15.7. The minimum Gasteiger partial charge on any atom is -0.477 e. The molecular formula is C12H14N4O3. The third-order valence-corrected chi connectivity index (χ3v) is 2.43. The van der Waals surface area contributed by atoms with Crippen LogP contribution in [0.3, 0.4) is 0 Å². The fourth-order valence-corrected chi connectivity index (χ4v) is 1.56. The number of aryl methyl sites for hydroxylation is 1. The monoisotopic (exact) mass is 262 g/mol. The minimum atomic E-state index is -1.02. The molecule has 2 rings (SSSR count). The number of aromatic carboxylic acids is 1. The predicted molar refractivity (Wildman–Crippen MR) is 65.6 cm³/mol. The van der Waals surface area contributed by atoms with Crippen LogP contribution < -0.4 is 5.32 Å². The smallest absolute Gasteiger partial charge is 0.354 e. The quantitative estimate of drug-likeness (QED) is 0.742. The number of nitrogens with one attached hydrogen (secondary N) is 1. The zero-order valence-electron chi connectivity index (χ0n) is 10.5. The average Bonchev–Trinajstić information content (AvgIpc) is 2.81. The van der Waals surface area contributed by atoms with E-state index in [1.807, 2.05) is 0 Å². The van der Waals surface area contributed by atoms with Gasteiger partial charge in [0.1, 0.15) is 5.69 Å². The van der Waals surface area contributed by atoms with Crippen LogP contribution in [0.15, 0.2) is 22.7 Å². The van der Waals surface area contributed by atoms with E-state index >= 15 is 0 Å². The largest absolute Gasteiger partial charge is 0.477 e. The maximum atomic E-state index is 10.8. The molecule has 2 heterocycles. The van der Waals surface area contributed by atoms with Crippen molar-refractivity contribution in [1.29, 1.82) is 0 Å². The lowest BCUT2D eigenvalue weighted by Gasteiger charge is -2.03. The molecule has 0 bridgehead atoms. The zero-order chi connectivity index (χ0) is 13.7. The van der Waals surface area contributed by atoms with Gasteiger partial charge in [-0.15, -0.1) is 0 Å². The second kappa shape index (κ2) is 6.05. The molecule has 2 aromatic heterocycles. The van der Waals surface area contributed by atoms with Crippen LogP contribution in [0.2, 0.25) is 0 Å². The molecule has 0 amide bonds. The zero-order valence-corrected chi connectivity index (χ0v) is 10.5. The van der Waals surface area contributed by atoms with Crippen molar-refractivity contribution >= 4 is 5.97 Å². The first-order chi connectivity index (χ1) is 9.15. The molecule has 0 fully saturated rings. The van der Waals surface area contributed by atoms with Gasteiger partial charge in [-0.05, 0) is 12.1 Å². The van der Waals surface area contributed by atoms with Crippen molar-refractivity contribution in [3.63, 3.8) is 0 Å². The van der Waals surface area contributed by atoms with Crippen molar-refractivity contribution in [3.8, 4) is 0 Å². The van der Waals surface area contributed by atoms with E-state index in [9.17, 15) is 4.79 Å². The number of aromatic nitrogens is 3. The van der Waals surface area contributed by atoms with Gasteiger partial charge in [-0.2, -0.15) is 4.98 Å². The van der Waals surface area contributed by atoms with Crippen molar-refractivity contribution in [1.82, 2.24) is 20.4 Å². The average molecular weight is 262 g/mol. The summed E-state index contributed by atoms with van der Waals surface area (Å²) in [6.45, 7) is 2.90. The molecule has 0 aromatic carbocycles. The molecular weight excluding hydrogens is 248 g/mol. The lowest BCUT2D eigenvalue weighted by Crippen LogP contribution is -2.18. The first-order valence-corrected chi connectivity index (χ1v) is 5.84. The van der Waals surface area contributed by atoms with E-state index < -0.39 is 5.97 Å². The highest BCUT2D eigenvalue weighted by Gasteiger charge is 2.05. The number of pyridine rings is 1. The number of hydrogen-bond donors (Lipinski definition) is 2. The topological polar surface area (TPSA) is 101 Å². The summed E-state index contributed by atoms with van der Waals surface area (Å²) in [7, 11) is 0. The van der Waals surface area contributed by atoms with E-state index in [0.29, 0.717) is 36.9 Å². The molecule has 0 aliphatic heterocycles. The standard InChI is InChI=1S/C12H14N4O3/c1-8-14-11(16-19-8)5-6-13-7-9-3-2-4-10(15-9)12(17)18/h2-4,13H,5-7H2,1H3,(H,17,18). The SMILES string of the molecule is Cc1nc(CCNCc2cccc(C(=O)O)n2)no1. The predicted octanol–water partition coefficient (Wildman–Crippen LogP) is 0.804. The lowest BCUT2D eigenvalue weighted by molar-refractivity contribution is 0.0690. The number of carbonyl (C=O) groups is 1. The van der Waals surface area contributed by atoms with Crippen LogP contribution in [0.5, 0.6) is 0 Å². The Morgan fingerprint density at radius 3 is 2.95 bits per heavy atom. The van der Waals surface area contributed by atoms with Crippen LogP contribution in [0.25, 0.3) is 0 Å². The van der Waals surface area contributed by atoms with Crippen molar-refractivity contribution in [2.45, 2.75) is 19.9 Å². The minimum absolute atomic E-state index is 0.0492. The maximum Gasteiger partial charge on any atom is 0.354 e. The van der Waals surface area contributed by atoms with Crippen molar-refractivity contribution in [2.75, 3.05) is 6.54 Å². The Bertz CT molecular complexity index is 568. The highest BCUT2D eigenvalue weighted by atomic mass is 16.5. The van der Waals surface area contributed by atoms with Gasteiger partial charge in [-0.25, -0.2) is 9.78 Å². The van der Waals surface area contributed by atoms with Gasteiger partial charge in [0.15, 0.2) is 5.82 Å². The Morgan fingerprint density at radius 2 is 2.26 bits per heavy atom. The number of rotatable bonds is 6. The molecule has 0 saturated carbocycles. The van der Waals surface area contributed by atoms with Crippen LogP contribution in [0, 0.1) is 6.92 Å². The van der Waals surface area contributed by atoms with E-state index in [1.54, 1.807) is 19.1 Å². The molecule has 0 aliphatic rings. The number of carboxylic acids is 1. The summed E-state index contributed by atoms with van der Waals surface area (Å²) in [5.41, 5.74) is 0.734. The second-order valence-corrected chi connectivity index (χ2v) is 3.98. The molecule has 0 atom stereocenters. The van der Waals surface area contributed by atoms with Gasteiger partial charge in [-0.3, -0.25) is 0 Å². The third-order valence-electron chi connectivity index (χ3n) is 2.43. The molecule has 0 radical (unpaired) electrons. The summed E-state index contributed by atoms with van der Waals surface area (Å²) in [5.74, 6) is 0.173. The van der Waals surface area contributed by atoms with E-state index in [2.05, 4.69) is 20.4 Å². The fraction of sp³-hybridized carbons (Fsp3) is 0.333. The van der Waals surface area contributed by atoms with Gasteiger partial charge in [0.05, 0.1) is 5.69 Å². The third kappa shape index (κ3) is 3.85. The van der Waals surface area contributed by atoms with E-state index in [-0.39, 0.29) is 5.69 Å². The van der Waals surface area contributed by atoms with E-state index in [1.165, 1.54) is 6.07 Å². The number of nitrogens with zero attached hydrogens (tertiary/aromatic N) is 3. The summed E-state index contributed by atoms with van der Waals surface area (Å²) in [6, 6.07) is 4.92. The molecule has 100 valence electrons. The number of hydrogen-bond acceptors (Lipinski definition) is 6. The molecule has 0 aliphatic carbocycles. The van der Waals surface area contributed by atoms with Gasteiger partial charge >= 0.3 is 5.97 Å². The van der Waals surface area contributed by atoms with Crippen LogP contribution in [0.4, 0.5) is 0 Å². The van der Waals surface area contributed by atoms with Crippen LogP contribution in [-0.2, 0) is 13.0 Å². The molecule has 2 aromatic rings. The Morgan fingerprint density at radius 1 is 1.42 bits per heavy atom. The molecule has 0 saturated heterocycles. The van der Waals surface area contributed by atoms with Gasteiger partial charge in [-0.1, -0.05) is 11.2 Å². The first-order valence-electron chi connectivity index (χ1n) is 5.84. The Balaban J connectivity index is 1.79. The van der Waals surface area contributed by atoms with Gasteiger partial charge in [0.2, 0.25) is 5.89 Å². The van der Waals surface area contributed by atoms with E-state index in [0.717, 1.165) is 0 Å². The maximum absolute atomic E-state index is 10.8. The Kier molecular flexibility index (Phi) is 4.19. The fourth-order valence-electron chi connectivity index (χ4n) is 1.56. The summed E-state index contributed by atoms with van der Waals surface area (Å²) in [4.78, 5) is 18.9. The molecule has 7 heteroatoms. The lowest BCUT2D eigenvalue weighted by atomic mass is 10.3. The Hall–Kier alpha value is -2.28. The summed E-state index contributed by atoms with van der Waals surface area (Å²) in [6.07, 6.45) is 0.649. The number of carboxylic acid groups (broad SMARTS) is 1. The van der Waals surface area contributed by atoms with Gasteiger partial charge < -0.3 is 14.9 Å². The molecule has 0 spiro atoms. The van der Waals surface area contributed by atoms with Crippen LogP contribution >= 0.6 is 0 Å². The second-order valence-electron chi connectivity index (χ2n) is 3.98. The van der Waals surface area contributed by atoms with Crippen LogP contribution in [-0.4, -0.2) is 32.7 Å². The first kappa shape index (κ1) is 13.2. The van der Waals surface area contributed by atoms with Crippen molar-refractivity contribution in [2.24, 2.45) is 0 Å².